The second-order valence-corrected chi connectivity index (χ2v) is 5.50. The molecule has 0 radical (unpaired) electrons. The molecule has 110 valence electrons. The van der Waals surface area contributed by atoms with E-state index >= 15 is 0 Å². The maximum atomic E-state index is 12.2. The van der Waals surface area contributed by atoms with Gasteiger partial charge in [0.05, 0.1) is 7.11 Å². The summed E-state index contributed by atoms with van der Waals surface area (Å²) in [4.78, 5) is 12.2. The molecule has 3 nitrogen and oxygen atoms in total. The lowest BCUT2D eigenvalue weighted by molar-refractivity contribution is 0.104. The van der Waals surface area contributed by atoms with Gasteiger partial charge in [-0.2, -0.15) is 0 Å². The number of ketones is 1. The van der Waals surface area contributed by atoms with Crippen molar-refractivity contribution in [2.45, 2.75) is 0 Å². The van der Waals surface area contributed by atoms with Crippen LogP contribution in [0.2, 0.25) is 0 Å². The van der Waals surface area contributed by atoms with Gasteiger partial charge in [-0.15, -0.1) is 0 Å². The van der Waals surface area contributed by atoms with Crippen LogP contribution in [0.4, 0.5) is 0 Å². The number of ether oxygens (including phenoxy) is 2. The number of carbonyl (C=O) groups is 1. The van der Waals surface area contributed by atoms with Gasteiger partial charge in [-0.1, -0.05) is 42.1 Å². The number of allylic oxidation sites excluding steroid dienone is 1. The Kier molecular flexibility index (Phi) is 4.30. The molecule has 22 heavy (non-hydrogen) atoms. The topological polar surface area (TPSA) is 35.5 Å². The molecular weight excluding hydrogens is 296 g/mol. The minimum absolute atomic E-state index is 0.0899. The Morgan fingerprint density at radius 1 is 1.09 bits per heavy atom. The van der Waals surface area contributed by atoms with Crippen molar-refractivity contribution in [2.75, 3.05) is 7.11 Å². The first-order valence-electron chi connectivity index (χ1n) is 6.76. The first-order valence-corrected chi connectivity index (χ1v) is 7.64. The van der Waals surface area contributed by atoms with E-state index in [1.165, 1.54) is 17.8 Å². The van der Waals surface area contributed by atoms with Crippen molar-refractivity contribution in [3.63, 3.8) is 0 Å². The molecule has 1 aliphatic heterocycles. The molecule has 1 heterocycles. The highest BCUT2D eigenvalue weighted by Gasteiger charge is 2.16. The van der Waals surface area contributed by atoms with Gasteiger partial charge in [0.25, 0.3) is 0 Å². The third-order valence-corrected chi connectivity index (χ3v) is 3.94. The first kappa shape index (κ1) is 14.5. The summed E-state index contributed by atoms with van der Waals surface area (Å²) >= 11 is 1.41. The van der Waals surface area contributed by atoms with Gasteiger partial charge in [0, 0.05) is 22.6 Å². The van der Waals surface area contributed by atoms with Crippen LogP contribution in [0.1, 0.15) is 15.9 Å². The fraction of sp³-hybridized carbons (Fsp3) is 0.0556. The van der Waals surface area contributed by atoms with E-state index in [0.717, 1.165) is 17.1 Å². The molecule has 2 aromatic rings. The normalized spacial score (nSPS) is 15.3. The van der Waals surface area contributed by atoms with E-state index in [1.807, 2.05) is 35.7 Å². The molecule has 0 spiro atoms. The predicted molar refractivity (Wildman–Crippen MR) is 88.5 cm³/mol. The summed E-state index contributed by atoms with van der Waals surface area (Å²) in [6.45, 7) is 0. The summed E-state index contributed by atoms with van der Waals surface area (Å²) in [5.41, 5.74) is 1.60. The van der Waals surface area contributed by atoms with Crippen LogP contribution >= 0.6 is 11.8 Å². The van der Waals surface area contributed by atoms with E-state index in [1.54, 1.807) is 31.4 Å². The highest BCUT2D eigenvalue weighted by atomic mass is 32.2. The maximum Gasteiger partial charge on any atom is 0.190 e. The first-order chi connectivity index (χ1) is 10.8. The van der Waals surface area contributed by atoms with Crippen LogP contribution in [0.5, 0.6) is 5.75 Å². The van der Waals surface area contributed by atoms with E-state index < -0.39 is 0 Å². The largest absolute Gasteiger partial charge is 0.497 e. The van der Waals surface area contributed by atoms with Gasteiger partial charge in [-0.3, -0.25) is 4.79 Å². The zero-order valence-electron chi connectivity index (χ0n) is 12.0. The number of hydrogen-bond donors (Lipinski definition) is 0. The highest BCUT2D eigenvalue weighted by Crippen LogP contribution is 2.36. The Balaban J connectivity index is 1.70. The average Bonchev–Trinajstić information content (AvgIpc) is 3.04. The van der Waals surface area contributed by atoms with Gasteiger partial charge in [-0.05, 0) is 24.3 Å². The summed E-state index contributed by atoms with van der Waals surface area (Å²) in [6.07, 6.45) is 1.51. The molecule has 0 saturated carbocycles. The van der Waals surface area contributed by atoms with Crippen molar-refractivity contribution in [1.82, 2.24) is 0 Å². The molecule has 0 amide bonds. The molecule has 1 aliphatic rings. The third kappa shape index (κ3) is 3.23. The number of carbonyl (C=O) groups excluding carboxylic acids is 1. The van der Waals surface area contributed by atoms with Crippen LogP contribution in [-0.4, -0.2) is 12.9 Å². The zero-order valence-corrected chi connectivity index (χ0v) is 12.8. The monoisotopic (exact) mass is 310 g/mol. The number of benzene rings is 2. The summed E-state index contributed by atoms with van der Waals surface area (Å²) in [6, 6.07) is 16.8. The molecule has 2 aromatic carbocycles. The molecule has 0 unspecified atom stereocenters. The van der Waals surface area contributed by atoms with E-state index in [-0.39, 0.29) is 5.78 Å². The van der Waals surface area contributed by atoms with Gasteiger partial charge in [0.15, 0.2) is 10.9 Å². The SMILES string of the molecule is COc1ccc(C(=O)/C=C2/OC(c3ccccc3)=CS2)cc1. The second kappa shape index (κ2) is 6.54. The lowest BCUT2D eigenvalue weighted by atomic mass is 10.1. The molecule has 4 heteroatoms. The van der Waals surface area contributed by atoms with Gasteiger partial charge in [0.1, 0.15) is 11.5 Å². The molecule has 0 aliphatic carbocycles. The van der Waals surface area contributed by atoms with Crippen LogP contribution in [0.3, 0.4) is 0 Å². The van der Waals surface area contributed by atoms with Crippen molar-refractivity contribution < 1.29 is 14.3 Å². The molecular formula is C18H14O3S. The fourth-order valence-corrected chi connectivity index (χ4v) is 2.73. The molecule has 0 atom stereocenters. The van der Waals surface area contributed by atoms with E-state index in [0.29, 0.717) is 10.7 Å². The van der Waals surface area contributed by atoms with E-state index in [2.05, 4.69) is 0 Å². The van der Waals surface area contributed by atoms with Gasteiger partial charge < -0.3 is 9.47 Å². The van der Waals surface area contributed by atoms with Crippen molar-refractivity contribution in [2.24, 2.45) is 0 Å². The standard InChI is InChI=1S/C18H14O3S/c1-20-15-9-7-13(8-10-15)16(19)11-18-21-17(12-22-18)14-5-3-2-4-6-14/h2-12H,1H3/b18-11-. The Morgan fingerprint density at radius 2 is 1.82 bits per heavy atom. The lowest BCUT2D eigenvalue weighted by Gasteiger charge is -2.04. The Morgan fingerprint density at radius 3 is 2.50 bits per heavy atom. The van der Waals surface area contributed by atoms with Crippen molar-refractivity contribution in [3.8, 4) is 5.75 Å². The maximum absolute atomic E-state index is 12.2. The van der Waals surface area contributed by atoms with Crippen LogP contribution in [0.25, 0.3) is 5.76 Å². The van der Waals surface area contributed by atoms with Crippen molar-refractivity contribution in [3.05, 3.63) is 82.3 Å². The van der Waals surface area contributed by atoms with Crippen LogP contribution in [0.15, 0.2) is 71.2 Å². The smallest absolute Gasteiger partial charge is 0.190 e. The molecule has 0 aromatic heterocycles. The number of thioether (sulfide) groups is 1. The molecule has 0 N–H and O–H groups in total. The Bertz CT molecular complexity index is 731. The summed E-state index contributed by atoms with van der Waals surface area (Å²) < 4.78 is 10.8. The molecule has 0 bridgehead atoms. The molecule has 0 saturated heterocycles. The minimum atomic E-state index is -0.0899. The molecule has 0 fully saturated rings. The van der Waals surface area contributed by atoms with Crippen molar-refractivity contribution in [1.29, 1.82) is 0 Å². The third-order valence-electron chi connectivity index (χ3n) is 3.17. The van der Waals surface area contributed by atoms with E-state index in [9.17, 15) is 4.79 Å². The fourth-order valence-electron chi connectivity index (χ4n) is 2.01. The van der Waals surface area contributed by atoms with Gasteiger partial charge in [-0.25, -0.2) is 0 Å². The zero-order chi connectivity index (χ0) is 15.4. The predicted octanol–water partition coefficient (Wildman–Crippen LogP) is 4.48. The lowest BCUT2D eigenvalue weighted by Crippen LogP contribution is -1.96. The van der Waals surface area contributed by atoms with Crippen LogP contribution < -0.4 is 4.74 Å². The highest BCUT2D eigenvalue weighted by molar-refractivity contribution is 8.06. The van der Waals surface area contributed by atoms with Crippen molar-refractivity contribution >= 4 is 23.3 Å². The van der Waals surface area contributed by atoms with Crippen LogP contribution in [-0.2, 0) is 4.74 Å². The average molecular weight is 310 g/mol. The second-order valence-electron chi connectivity index (χ2n) is 4.62. The van der Waals surface area contributed by atoms with Gasteiger partial charge in [0.2, 0.25) is 0 Å². The number of methoxy groups -OCH3 is 1. The van der Waals surface area contributed by atoms with E-state index in [4.69, 9.17) is 9.47 Å². The molecule has 3 rings (SSSR count). The number of rotatable bonds is 4. The summed E-state index contributed by atoms with van der Waals surface area (Å²) in [5, 5.41) is 2.49. The summed E-state index contributed by atoms with van der Waals surface area (Å²) in [7, 11) is 1.60. The van der Waals surface area contributed by atoms with Crippen LogP contribution in [0, 0.1) is 0 Å². The quantitative estimate of drug-likeness (QED) is 0.616. The summed E-state index contributed by atoms with van der Waals surface area (Å²) in [5.74, 6) is 1.40. The Hall–Kier alpha value is -2.46. The minimum Gasteiger partial charge on any atom is -0.497 e. The number of hydrogen-bond acceptors (Lipinski definition) is 4. The van der Waals surface area contributed by atoms with Gasteiger partial charge >= 0.3 is 0 Å². The Labute approximate surface area is 133 Å².